The summed E-state index contributed by atoms with van der Waals surface area (Å²) in [6, 6.07) is 8.96. The van der Waals surface area contributed by atoms with E-state index in [1.165, 1.54) is 56.1 Å². The Hall–Kier alpha value is -1.22. The zero-order valence-corrected chi connectivity index (χ0v) is 12.0. The number of aryl methyl sites for hydroxylation is 1. The summed E-state index contributed by atoms with van der Waals surface area (Å²) in [5.41, 5.74) is 2.80. The second-order valence-electron chi connectivity index (χ2n) is 4.94. The molecule has 0 amide bonds. The van der Waals surface area contributed by atoms with Gasteiger partial charge in [0.2, 0.25) is 0 Å². The maximum atomic E-state index is 3.11. The molecule has 0 aliphatic rings. The van der Waals surface area contributed by atoms with Crippen molar-refractivity contribution < 1.29 is 0 Å². The van der Waals surface area contributed by atoms with Crippen molar-refractivity contribution in [3.05, 3.63) is 35.4 Å². The molecule has 0 aliphatic carbocycles. The van der Waals surface area contributed by atoms with Crippen LogP contribution < -0.4 is 0 Å². The molecule has 1 rings (SSSR count). The van der Waals surface area contributed by atoms with Gasteiger partial charge in [-0.2, -0.15) is 0 Å². The molecule has 98 valence electrons. The van der Waals surface area contributed by atoms with E-state index in [0.717, 1.165) is 6.42 Å². The van der Waals surface area contributed by atoms with E-state index in [0.29, 0.717) is 0 Å². The Morgan fingerprint density at radius 1 is 0.833 bits per heavy atom. The Labute approximate surface area is 113 Å². The number of benzene rings is 1. The fourth-order valence-electron chi connectivity index (χ4n) is 2.12. The highest BCUT2D eigenvalue weighted by atomic mass is 14.0. The average Bonchev–Trinajstić information content (AvgIpc) is 2.42. The van der Waals surface area contributed by atoms with Gasteiger partial charge in [0.25, 0.3) is 0 Å². The molecule has 18 heavy (non-hydrogen) atoms. The summed E-state index contributed by atoms with van der Waals surface area (Å²) in [4.78, 5) is 0. The van der Waals surface area contributed by atoms with E-state index in [1.807, 2.05) is 6.92 Å². The van der Waals surface area contributed by atoms with Crippen molar-refractivity contribution in [2.75, 3.05) is 0 Å². The maximum Gasteiger partial charge on any atom is 0.0340 e. The molecule has 0 spiro atoms. The van der Waals surface area contributed by atoms with Crippen molar-refractivity contribution in [3.63, 3.8) is 0 Å². The van der Waals surface area contributed by atoms with Crippen LogP contribution in [0.3, 0.4) is 0 Å². The molecule has 0 heterocycles. The minimum Gasteiger partial charge on any atom is -0.106 e. The van der Waals surface area contributed by atoms with Gasteiger partial charge in [-0.3, -0.25) is 0 Å². The SMILES string of the molecule is CC#CCc1ccc(CCCCCCCC)cc1. The van der Waals surface area contributed by atoms with Gasteiger partial charge < -0.3 is 0 Å². The Morgan fingerprint density at radius 2 is 1.44 bits per heavy atom. The normalized spacial score (nSPS) is 9.89. The molecule has 0 aliphatic heterocycles. The van der Waals surface area contributed by atoms with Gasteiger partial charge in [-0.05, 0) is 30.9 Å². The van der Waals surface area contributed by atoms with E-state index in [2.05, 4.69) is 43.0 Å². The second-order valence-corrected chi connectivity index (χ2v) is 4.94. The van der Waals surface area contributed by atoms with Gasteiger partial charge >= 0.3 is 0 Å². The lowest BCUT2D eigenvalue weighted by Crippen LogP contribution is -1.88. The molecule has 0 fully saturated rings. The monoisotopic (exact) mass is 242 g/mol. The minimum atomic E-state index is 0.883. The molecule has 0 bridgehead atoms. The lowest BCUT2D eigenvalue weighted by Gasteiger charge is -2.03. The standard InChI is InChI=1S/C18H26/c1-3-5-7-8-9-10-12-18-15-13-17(14-16-18)11-6-4-2/h13-16H,3,5,7-12H2,1-2H3. The molecule has 0 aromatic heterocycles. The van der Waals surface area contributed by atoms with Crippen LogP contribution in [0.2, 0.25) is 0 Å². The Morgan fingerprint density at radius 3 is 2.11 bits per heavy atom. The zero-order chi connectivity index (χ0) is 13.1. The van der Waals surface area contributed by atoms with Crippen LogP contribution in [0.25, 0.3) is 0 Å². The highest BCUT2D eigenvalue weighted by molar-refractivity contribution is 5.25. The van der Waals surface area contributed by atoms with Crippen molar-refractivity contribution in [2.45, 2.75) is 65.2 Å². The van der Waals surface area contributed by atoms with Crippen LogP contribution in [-0.4, -0.2) is 0 Å². The first-order valence-corrected chi connectivity index (χ1v) is 7.34. The number of rotatable bonds is 8. The van der Waals surface area contributed by atoms with E-state index in [-0.39, 0.29) is 0 Å². The molecular weight excluding hydrogens is 216 g/mol. The molecule has 0 atom stereocenters. The smallest absolute Gasteiger partial charge is 0.0340 e. The first-order chi connectivity index (χ1) is 8.86. The van der Waals surface area contributed by atoms with Crippen molar-refractivity contribution in [2.24, 2.45) is 0 Å². The van der Waals surface area contributed by atoms with Gasteiger partial charge in [-0.25, -0.2) is 0 Å². The van der Waals surface area contributed by atoms with Crippen LogP contribution in [0, 0.1) is 11.8 Å². The quantitative estimate of drug-likeness (QED) is 0.436. The molecule has 0 nitrogen and oxygen atoms in total. The van der Waals surface area contributed by atoms with Crippen LogP contribution in [-0.2, 0) is 12.8 Å². The van der Waals surface area contributed by atoms with Crippen molar-refractivity contribution in [3.8, 4) is 11.8 Å². The first kappa shape index (κ1) is 14.8. The second kappa shape index (κ2) is 9.77. The van der Waals surface area contributed by atoms with Crippen molar-refractivity contribution in [1.82, 2.24) is 0 Å². The van der Waals surface area contributed by atoms with Gasteiger partial charge in [0.1, 0.15) is 0 Å². The van der Waals surface area contributed by atoms with Crippen LogP contribution in [0.15, 0.2) is 24.3 Å². The summed E-state index contributed by atoms with van der Waals surface area (Å²) < 4.78 is 0. The van der Waals surface area contributed by atoms with Crippen molar-refractivity contribution in [1.29, 1.82) is 0 Å². The Balaban J connectivity index is 2.19. The van der Waals surface area contributed by atoms with Gasteiger partial charge in [-0.1, -0.05) is 69.2 Å². The van der Waals surface area contributed by atoms with Crippen molar-refractivity contribution >= 4 is 0 Å². The fourth-order valence-corrected chi connectivity index (χ4v) is 2.12. The van der Waals surface area contributed by atoms with E-state index < -0.39 is 0 Å². The lowest BCUT2D eigenvalue weighted by molar-refractivity contribution is 0.607. The van der Waals surface area contributed by atoms with E-state index in [4.69, 9.17) is 0 Å². The Kier molecular flexibility index (Phi) is 8.06. The molecule has 0 heteroatoms. The lowest BCUT2D eigenvalue weighted by atomic mass is 10.0. The molecule has 0 unspecified atom stereocenters. The molecule has 0 saturated heterocycles. The topological polar surface area (TPSA) is 0 Å². The summed E-state index contributed by atoms with van der Waals surface area (Å²) >= 11 is 0. The van der Waals surface area contributed by atoms with E-state index in [9.17, 15) is 0 Å². The van der Waals surface area contributed by atoms with E-state index >= 15 is 0 Å². The summed E-state index contributed by atoms with van der Waals surface area (Å²) in [5, 5.41) is 0. The fraction of sp³-hybridized carbons (Fsp3) is 0.556. The predicted molar refractivity (Wildman–Crippen MR) is 80.7 cm³/mol. The molecule has 0 N–H and O–H groups in total. The number of hydrogen-bond acceptors (Lipinski definition) is 0. The van der Waals surface area contributed by atoms with Crippen LogP contribution >= 0.6 is 0 Å². The average molecular weight is 242 g/mol. The third-order valence-corrected chi connectivity index (χ3v) is 3.31. The van der Waals surface area contributed by atoms with Gasteiger partial charge in [0.15, 0.2) is 0 Å². The minimum absolute atomic E-state index is 0.883. The summed E-state index contributed by atoms with van der Waals surface area (Å²) in [6.45, 7) is 4.16. The van der Waals surface area contributed by atoms with Crippen LogP contribution in [0.1, 0.15) is 63.5 Å². The predicted octanol–water partition coefficient (Wildman–Crippen LogP) is 5.16. The number of unbranched alkanes of at least 4 members (excludes halogenated alkanes) is 5. The maximum absolute atomic E-state index is 3.11. The summed E-state index contributed by atoms with van der Waals surface area (Å²) in [7, 11) is 0. The zero-order valence-electron chi connectivity index (χ0n) is 12.0. The molecule has 0 radical (unpaired) electrons. The molecule has 1 aromatic rings. The highest BCUT2D eigenvalue weighted by Gasteiger charge is 1.95. The first-order valence-electron chi connectivity index (χ1n) is 7.34. The largest absolute Gasteiger partial charge is 0.106 e. The molecular formula is C18H26. The third kappa shape index (κ3) is 6.50. The summed E-state index contributed by atoms with van der Waals surface area (Å²) in [5.74, 6) is 6.05. The van der Waals surface area contributed by atoms with Crippen LogP contribution in [0.4, 0.5) is 0 Å². The molecule has 1 aromatic carbocycles. The van der Waals surface area contributed by atoms with Crippen LogP contribution in [0.5, 0.6) is 0 Å². The Bertz CT molecular complexity index is 361. The number of hydrogen-bond donors (Lipinski definition) is 0. The van der Waals surface area contributed by atoms with Gasteiger partial charge in [0.05, 0.1) is 0 Å². The highest BCUT2D eigenvalue weighted by Crippen LogP contribution is 2.11. The molecule has 0 saturated carbocycles. The summed E-state index contributed by atoms with van der Waals surface area (Å²) in [6.07, 6.45) is 10.4. The van der Waals surface area contributed by atoms with Gasteiger partial charge in [-0.15, -0.1) is 5.92 Å². The third-order valence-electron chi connectivity index (χ3n) is 3.31. The van der Waals surface area contributed by atoms with E-state index in [1.54, 1.807) is 0 Å². The van der Waals surface area contributed by atoms with Gasteiger partial charge in [0, 0.05) is 6.42 Å².